The van der Waals surface area contributed by atoms with Crippen molar-refractivity contribution in [1.82, 2.24) is 0 Å². The van der Waals surface area contributed by atoms with E-state index in [1.807, 2.05) is 0 Å². The fourth-order valence-electron chi connectivity index (χ4n) is 4.07. The molecule has 5 aromatic carbocycles. The Balaban J connectivity index is 1.74. The molecule has 0 aliphatic carbocycles. The molecule has 0 aliphatic rings. The van der Waals surface area contributed by atoms with Crippen LogP contribution in [0.1, 0.15) is 0 Å². The summed E-state index contributed by atoms with van der Waals surface area (Å²) in [4.78, 5) is 2.33. The summed E-state index contributed by atoms with van der Waals surface area (Å²) >= 11 is 0. The highest BCUT2D eigenvalue weighted by Crippen LogP contribution is 2.43. The van der Waals surface area contributed by atoms with Crippen LogP contribution in [0, 0.1) is 0 Å². The van der Waals surface area contributed by atoms with Crippen LogP contribution >= 0.6 is 0 Å². The van der Waals surface area contributed by atoms with Crippen molar-refractivity contribution in [2.45, 2.75) is 0 Å². The Kier molecular flexibility index (Phi) is 5.32. The summed E-state index contributed by atoms with van der Waals surface area (Å²) in [6.07, 6.45) is 0. The molecule has 0 saturated heterocycles. The maximum atomic E-state index is 2.33. The molecule has 148 valence electrons. The summed E-state index contributed by atoms with van der Waals surface area (Å²) < 4.78 is 0. The lowest BCUT2D eigenvalue weighted by atomic mass is 9.93. The second-order valence-electron chi connectivity index (χ2n) is 7.44. The predicted octanol–water partition coefficient (Wildman–Crippen LogP) is 8.49. The fourth-order valence-corrected chi connectivity index (χ4v) is 4.07. The lowest BCUT2D eigenvalue weighted by molar-refractivity contribution is 1.28. The summed E-state index contributed by atoms with van der Waals surface area (Å²) in [6.45, 7) is 0. The average molecular weight is 398 g/mol. The first-order valence-corrected chi connectivity index (χ1v) is 10.6. The largest absolute Gasteiger partial charge is 0.310 e. The van der Waals surface area contributed by atoms with Crippen molar-refractivity contribution >= 4 is 17.1 Å². The maximum Gasteiger partial charge on any atom is 0.0540 e. The van der Waals surface area contributed by atoms with Crippen molar-refractivity contribution in [1.29, 1.82) is 0 Å². The van der Waals surface area contributed by atoms with Crippen LogP contribution in [0.15, 0.2) is 140 Å². The van der Waals surface area contributed by atoms with Gasteiger partial charge in [0.15, 0.2) is 0 Å². The lowest BCUT2D eigenvalue weighted by Crippen LogP contribution is -2.11. The highest BCUT2D eigenvalue weighted by atomic mass is 15.1. The van der Waals surface area contributed by atoms with Gasteiger partial charge in [0.2, 0.25) is 0 Å². The third kappa shape index (κ3) is 3.86. The third-order valence-electron chi connectivity index (χ3n) is 5.48. The number of para-hydroxylation sites is 3. The van der Waals surface area contributed by atoms with E-state index in [4.69, 9.17) is 0 Å². The minimum atomic E-state index is 1.14. The first-order valence-electron chi connectivity index (χ1n) is 10.6. The van der Waals surface area contributed by atoms with Crippen LogP contribution in [0.5, 0.6) is 0 Å². The first kappa shape index (κ1) is 18.9. The molecular weight excluding hydrogens is 374 g/mol. The van der Waals surface area contributed by atoms with E-state index in [-0.39, 0.29) is 0 Å². The van der Waals surface area contributed by atoms with Gasteiger partial charge in [-0.15, -0.1) is 0 Å². The first-order chi connectivity index (χ1) is 15.4. The predicted molar refractivity (Wildman–Crippen MR) is 132 cm³/mol. The van der Waals surface area contributed by atoms with E-state index in [0.29, 0.717) is 0 Å². The van der Waals surface area contributed by atoms with Gasteiger partial charge in [-0.3, -0.25) is 0 Å². The smallest absolute Gasteiger partial charge is 0.0540 e. The van der Waals surface area contributed by atoms with Crippen LogP contribution in [-0.2, 0) is 0 Å². The number of rotatable bonds is 5. The Labute approximate surface area is 183 Å². The van der Waals surface area contributed by atoms with E-state index >= 15 is 0 Å². The Bertz CT molecular complexity index is 1220. The third-order valence-corrected chi connectivity index (χ3v) is 5.48. The molecule has 0 N–H and O–H groups in total. The van der Waals surface area contributed by atoms with E-state index in [1.54, 1.807) is 0 Å². The molecule has 0 heterocycles. The number of hydrogen-bond acceptors (Lipinski definition) is 1. The number of benzene rings is 5. The fraction of sp³-hybridized carbons (Fsp3) is 0. The molecule has 5 aromatic rings. The maximum absolute atomic E-state index is 2.33. The topological polar surface area (TPSA) is 3.24 Å². The van der Waals surface area contributed by atoms with Crippen molar-refractivity contribution in [3.05, 3.63) is 140 Å². The molecule has 0 saturated carbocycles. The molecule has 0 unspecified atom stereocenters. The number of nitrogens with zero attached hydrogens (tertiary/aromatic N) is 1. The normalized spacial score (nSPS) is 10.6. The minimum absolute atomic E-state index is 1.14. The van der Waals surface area contributed by atoms with Gasteiger partial charge < -0.3 is 4.90 Å². The van der Waals surface area contributed by atoms with E-state index in [0.717, 1.165) is 17.1 Å². The van der Waals surface area contributed by atoms with Gasteiger partial charge >= 0.3 is 0 Å². The molecule has 1 nitrogen and oxygen atoms in total. The summed E-state index contributed by atoms with van der Waals surface area (Å²) in [5.41, 5.74) is 8.31. The van der Waals surface area contributed by atoms with Crippen LogP contribution in [0.25, 0.3) is 22.3 Å². The van der Waals surface area contributed by atoms with Gasteiger partial charge in [-0.25, -0.2) is 0 Å². The summed E-state index contributed by atoms with van der Waals surface area (Å²) in [6, 6.07) is 49.0. The monoisotopic (exact) mass is 397 g/mol. The van der Waals surface area contributed by atoms with Crippen molar-refractivity contribution in [2.24, 2.45) is 0 Å². The summed E-state index contributed by atoms with van der Waals surface area (Å²) in [7, 11) is 0. The number of hydrogen-bond donors (Lipinski definition) is 0. The quantitative estimate of drug-likeness (QED) is 0.287. The Morgan fingerprint density at radius 1 is 0.323 bits per heavy atom. The zero-order valence-corrected chi connectivity index (χ0v) is 17.2. The zero-order chi connectivity index (χ0) is 20.9. The molecular formula is C30H23N. The second-order valence-corrected chi connectivity index (χ2v) is 7.44. The minimum Gasteiger partial charge on any atom is -0.310 e. The van der Waals surface area contributed by atoms with E-state index in [9.17, 15) is 0 Å². The van der Waals surface area contributed by atoms with Gasteiger partial charge in [-0.1, -0.05) is 109 Å². The van der Waals surface area contributed by atoms with Crippen LogP contribution in [0.3, 0.4) is 0 Å². The number of anilines is 3. The molecule has 0 radical (unpaired) electrons. The van der Waals surface area contributed by atoms with Crippen molar-refractivity contribution in [2.75, 3.05) is 4.90 Å². The van der Waals surface area contributed by atoms with Crippen LogP contribution in [0.2, 0.25) is 0 Å². The molecule has 0 fully saturated rings. The molecule has 0 spiro atoms. The van der Waals surface area contributed by atoms with Gasteiger partial charge in [0.1, 0.15) is 0 Å². The molecule has 31 heavy (non-hydrogen) atoms. The molecule has 0 aliphatic heterocycles. The van der Waals surface area contributed by atoms with Crippen molar-refractivity contribution in [3.63, 3.8) is 0 Å². The summed E-state index contributed by atoms with van der Waals surface area (Å²) in [5.74, 6) is 0. The van der Waals surface area contributed by atoms with Crippen LogP contribution in [-0.4, -0.2) is 0 Å². The molecule has 5 rings (SSSR count). The van der Waals surface area contributed by atoms with E-state index in [1.165, 1.54) is 22.3 Å². The van der Waals surface area contributed by atoms with Gasteiger partial charge in [-0.05, 0) is 47.0 Å². The van der Waals surface area contributed by atoms with Gasteiger partial charge in [0.05, 0.1) is 5.69 Å². The SMILES string of the molecule is c1ccc(-c2ccccc2-c2ccccc2N(c2ccccc2)c2ccccc2)cc1. The standard InChI is InChI=1S/C30H23N/c1-4-14-24(15-5-1)27-20-10-11-21-28(27)29-22-12-13-23-30(29)31(25-16-6-2-7-17-25)26-18-8-3-9-19-26/h1-23H. The van der Waals surface area contributed by atoms with Gasteiger partial charge in [0, 0.05) is 16.9 Å². The van der Waals surface area contributed by atoms with Crippen LogP contribution in [0.4, 0.5) is 17.1 Å². The summed E-state index contributed by atoms with van der Waals surface area (Å²) in [5, 5.41) is 0. The molecule has 0 aromatic heterocycles. The Morgan fingerprint density at radius 2 is 0.742 bits per heavy atom. The highest BCUT2D eigenvalue weighted by molar-refractivity contribution is 5.93. The second kappa shape index (κ2) is 8.73. The Morgan fingerprint density at radius 3 is 1.32 bits per heavy atom. The molecule has 1 heteroatoms. The molecule has 0 amide bonds. The lowest BCUT2D eigenvalue weighted by Gasteiger charge is -2.28. The van der Waals surface area contributed by atoms with Gasteiger partial charge in [0.25, 0.3) is 0 Å². The van der Waals surface area contributed by atoms with Crippen molar-refractivity contribution < 1.29 is 0 Å². The highest BCUT2D eigenvalue weighted by Gasteiger charge is 2.18. The van der Waals surface area contributed by atoms with E-state index < -0.39 is 0 Å². The van der Waals surface area contributed by atoms with E-state index in [2.05, 4.69) is 144 Å². The van der Waals surface area contributed by atoms with Gasteiger partial charge in [-0.2, -0.15) is 0 Å². The molecule has 0 atom stereocenters. The zero-order valence-electron chi connectivity index (χ0n) is 17.2. The van der Waals surface area contributed by atoms with Crippen LogP contribution < -0.4 is 4.90 Å². The Hall–Kier alpha value is -4.10. The average Bonchev–Trinajstić information content (AvgIpc) is 2.86. The molecule has 0 bridgehead atoms. The van der Waals surface area contributed by atoms with Crippen molar-refractivity contribution in [3.8, 4) is 22.3 Å².